The first-order valence-electron chi connectivity index (χ1n) is 10.4. The van der Waals surface area contributed by atoms with E-state index in [-0.39, 0.29) is 22.3 Å². The molecule has 0 saturated heterocycles. The summed E-state index contributed by atoms with van der Waals surface area (Å²) in [6.45, 7) is 0. The minimum atomic E-state index is -0.270. The summed E-state index contributed by atoms with van der Waals surface area (Å²) >= 11 is 2.25. The van der Waals surface area contributed by atoms with Crippen LogP contribution < -0.4 is 11.0 Å². The number of pyridine rings is 1. The van der Waals surface area contributed by atoms with Crippen molar-refractivity contribution >= 4 is 44.5 Å². The van der Waals surface area contributed by atoms with E-state index in [0.717, 1.165) is 46.3 Å². The molecule has 1 aliphatic carbocycles. The van der Waals surface area contributed by atoms with Crippen LogP contribution in [-0.4, -0.2) is 14.1 Å². The van der Waals surface area contributed by atoms with Crippen molar-refractivity contribution < 1.29 is 0 Å². The van der Waals surface area contributed by atoms with Crippen molar-refractivity contribution in [2.75, 3.05) is 0 Å². The first kappa shape index (κ1) is 19.5. The van der Waals surface area contributed by atoms with Gasteiger partial charge in [-0.1, -0.05) is 31.4 Å². The molecular formula is C24H22IN3O2. The van der Waals surface area contributed by atoms with Crippen molar-refractivity contribution in [1.29, 1.82) is 0 Å². The van der Waals surface area contributed by atoms with Gasteiger partial charge in [0.05, 0.1) is 11.2 Å². The molecule has 6 heteroatoms. The van der Waals surface area contributed by atoms with E-state index < -0.39 is 0 Å². The van der Waals surface area contributed by atoms with Crippen molar-refractivity contribution in [3.63, 3.8) is 0 Å². The Labute approximate surface area is 187 Å². The van der Waals surface area contributed by atoms with E-state index in [1.54, 1.807) is 10.6 Å². The molecule has 0 aliphatic heterocycles. The largest absolute Gasteiger partial charge is 0.328 e. The summed E-state index contributed by atoms with van der Waals surface area (Å²) in [7, 11) is 1.89. The van der Waals surface area contributed by atoms with Gasteiger partial charge in [-0.2, -0.15) is 0 Å². The number of rotatable bonds is 2. The van der Waals surface area contributed by atoms with Crippen LogP contribution in [0.25, 0.3) is 27.6 Å². The Bertz CT molecular complexity index is 1380. The summed E-state index contributed by atoms with van der Waals surface area (Å²) in [6, 6.07) is 15.3. The van der Waals surface area contributed by atoms with Crippen LogP contribution in [0.1, 0.15) is 43.8 Å². The average molecular weight is 511 g/mol. The molecule has 5 nitrogen and oxygen atoms in total. The topological polar surface area (TPSA) is 56.9 Å². The number of halogens is 1. The van der Waals surface area contributed by atoms with E-state index in [0.29, 0.717) is 11.0 Å². The molecular weight excluding hydrogens is 489 g/mol. The number of para-hydroxylation sites is 1. The third-order valence-electron chi connectivity index (χ3n) is 6.20. The SMILES string of the molecule is Cn1c2ccccc2c(=O)c2c(=O)n(-c3ccc(I)cc3)c(C3CCCCC3)nc21. The molecule has 2 heterocycles. The quantitative estimate of drug-likeness (QED) is 0.285. The summed E-state index contributed by atoms with van der Waals surface area (Å²) < 4.78 is 4.67. The van der Waals surface area contributed by atoms with Crippen LogP contribution in [0.15, 0.2) is 58.1 Å². The maximum Gasteiger partial charge on any atom is 0.271 e. The van der Waals surface area contributed by atoms with Gasteiger partial charge in [-0.05, 0) is 71.8 Å². The Morgan fingerprint density at radius 3 is 2.40 bits per heavy atom. The third kappa shape index (κ3) is 3.09. The van der Waals surface area contributed by atoms with Crippen LogP contribution >= 0.6 is 22.6 Å². The summed E-state index contributed by atoms with van der Waals surface area (Å²) in [5.41, 5.74) is 1.53. The van der Waals surface area contributed by atoms with Gasteiger partial charge in [0.15, 0.2) is 5.65 Å². The molecule has 0 spiro atoms. The molecule has 30 heavy (non-hydrogen) atoms. The molecule has 2 aromatic carbocycles. The van der Waals surface area contributed by atoms with E-state index in [4.69, 9.17) is 4.98 Å². The van der Waals surface area contributed by atoms with E-state index in [1.165, 1.54) is 6.42 Å². The van der Waals surface area contributed by atoms with E-state index in [1.807, 2.05) is 54.1 Å². The van der Waals surface area contributed by atoms with E-state index in [2.05, 4.69) is 22.6 Å². The summed E-state index contributed by atoms with van der Waals surface area (Å²) in [5, 5.41) is 0.709. The molecule has 0 unspecified atom stereocenters. The number of fused-ring (bicyclic) bond motifs is 2. The molecule has 0 atom stereocenters. The van der Waals surface area contributed by atoms with Crippen LogP contribution in [0.4, 0.5) is 0 Å². The van der Waals surface area contributed by atoms with Gasteiger partial charge in [0.2, 0.25) is 5.43 Å². The zero-order chi connectivity index (χ0) is 20.8. The van der Waals surface area contributed by atoms with Gasteiger partial charge in [-0.3, -0.25) is 14.2 Å². The highest BCUT2D eigenvalue weighted by atomic mass is 127. The van der Waals surface area contributed by atoms with Crippen LogP contribution in [0.2, 0.25) is 0 Å². The van der Waals surface area contributed by atoms with Gasteiger partial charge in [0.25, 0.3) is 5.56 Å². The molecule has 2 aromatic heterocycles. The minimum absolute atomic E-state index is 0.161. The van der Waals surface area contributed by atoms with Crippen LogP contribution in [0.3, 0.4) is 0 Å². The summed E-state index contributed by atoms with van der Waals surface area (Å²) in [5.74, 6) is 0.996. The van der Waals surface area contributed by atoms with E-state index >= 15 is 0 Å². The van der Waals surface area contributed by atoms with Crippen molar-refractivity contribution in [3.05, 3.63) is 78.5 Å². The lowest BCUT2D eigenvalue weighted by molar-refractivity contribution is 0.422. The molecule has 5 rings (SSSR count). The van der Waals surface area contributed by atoms with E-state index in [9.17, 15) is 9.59 Å². The second-order valence-corrected chi connectivity index (χ2v) is 9.27. The molecule has 0 amide bonds. The smallest absolute Gasteiger partial charge is 0.271 e. The third-order valence-corrected chi connectivity index (χ3v) is 6.92. The van der Waals surface area contributed by atoms with Crippen LogP contribution in [-0.2, 0) is 7.05 Å². The molecule has 0 radical (unpaired) electrons. The van der Waals surface area contributed by atoms with Crippen molar-refractivity contribution in [2.45, 2.75) is 38.0 Å². The second-order valence-electron chi connectivity index (χ2n) is 8.03. The highest BCUT2D eigenvalue weighted by Crippen LogP contribution is 2.33. The van der Waals surface area contributed by atoms with Gasteiger partial charge in [0.1, 0.15) is 11.2 Å². The summed E-state index contributed by atoms with van der Waals surface area (Å²) in [4.78, 5) is 32.1. The first-order chi connectivity index (χ1) is 14.6. The maximum absolute atomic E-state index is 13.8. The fraction of sp³-hybridized carbons (Fsp3) is 0.292. The Hall–Kier alpha value is -2.48. The molecule has 1 fully saturated rings. The predicted octanol–water partition coefficient (Wildman–Crippen LogP) is 4.89. The van der Waals surface area contributed by atoms with Gasteiger partial charge in [-0.15, -0.1) is 0 Å². The number of aryl methyl sites for hydroxylation is 1. The Morgan fingerprint density at radius 2 is 1.67 bits per heavy atom. The monoisotopic (exact) mass is 511 g/mol. The lowest BCUT2D eigenvalue weighted by atomic mass is 9.88. The standard InChI is InChI=1S/C24H22IN3O2/c1-27-19-10-6-5-9-18(19)21(29)20-23(27)26-22(15-7-3-2-4-8-15)28(24(20)30)17-13-11-16(25)12-14-17/h5-6,9-15H,2-4,7-8H2,1H3. The second kappa shape index (κ2) is 7.65. The number of benzene rings is 2. The lowest BCUT2D eigenvalue weighted by Crippen LogP contribution is -2.31. The molecule has 0 bridgehead atoms. The highest BCUT2D eigenvalue weighted by Gasteiger charge is 2.25. The number of hydrogen-bond donors (Lipinski definition) is 0. The molecule has 4 aromatic rings. The van der Waals surface area contributed by atoms with Gasteiger partial charge in [-0.25, -0.2) is 4.98 Å². The van der Waals surface area contributed by atoms with Crippen molar-refractivity contribution in [3.8, 4) is 5.69 Å². The lowest BCUT2D eigenvalue weighted by Gasteiger charge is -2.25. The zero-order valence-electron chi connectivity index (χ0n) is 16.8. The Morgan fingerprint density at radius 1 is 0.967 bits per heavy atom. The average Bonchev–Trinajstić information content (AvgIpc) is 2.78. The fourth-order valence-corrected chi connectivity index (χ4v) is 5.01. The minimum Gasteiger partial charge on any atom is -0.328 e. The Kier molecular flexibility index (Phi) is 4.97. The molecule has 152 valence electrons. The number of aromatic nitrogens is 3. The van der Waals surface area contributed by atoms with Gasteiger partial charge >= 0.3 is 0 Å². The van der Waals surface area contributed by atoms with Crippen molar-refractivity contribution in [2.24, 2.45) is 7.05 Å². The first-order valence-corrected chi connectivity index (χ1v) is 11.4. The number of nitrogens with zero attached hydrogens (tertiary/aromatic N) is 3. The molecule has 1 aliphatic rings. The predicted molar refractivity (Wildman–Crippen MR) is 129 cm³/mol. The van der Waals surface area contributed by atoms with Gasteiger partial charge in [0, 0.05) is 21.9 Å². The normalized spacial score (nSPS) is 15.1. The molecule has 0 N–H and O–H groups in total. The zero-order valence-corrected chi connectivity index (χ0v) is 18.9. The van der Waals surface area contributed by atoms with Gasteiger partial charge < -0.3 is 4.57 Å². The number of hydrogen-bond acceptors (Lipinski definition) is 3. The highest BCUT2D eigenvalue weighted by molar-refractivity contribution is 14.1. The summed E-state index contributed by atoms with van der Waals surface area (Å²) in [6.07, 6.45) is 5.54. The van der Waals surface area contributed by atoms with Crippen LogP contribution in [0.5, 0.6) is 0 Å². The molecule has 1 saturated carbocycles. The van der Waals surface area contributed by atoms with Crippen LogP contribution in [0, 0.1) is 3.57 Å². The fourth-order valence-electron chi connectivity index (χ4n) is 4.65. The Balaban J connectivity index is 1.92. The maximum atomic E-state index is 13.8. The van der Waals surface area contributed by atoms with Crippen molar-refractivity contribution in [1.82, 2.24) is 14.1 Å².